The molecule has 3 N–H and O–H groups in total. The second kappa shape index (κ2) is 8.34. The zero-order valence-electron chi connectivity index (χ0n) is 12.9. The summed E-state index contributed by atoms with van der Waals surface area (Å²) < 4.78 is 0. The SMILES string of the molecule is CC(=O)NC(CC(=O)NCC1=CCNCC1)c1ccccc1. The molecule has 0 saturated carbocycles. The molecule has 2 amide bonds. The molecule has 22 heavy (non-hydrogen) atoms. The van der Waals surface area contributed by atoms with Crippen molar-refractivity contribution in [1.82, 2.24) is 16.0 Å². The number of benzene rings is 1. The topological polar surface area (TPSA) is 70.2 Å². The van der Waals surface area contributed by atoms with Gasteiger partial charge in [0.15, 0.2) is 0 Å². The molecule has 1 heterocycles. The molecule has 0 radical (unpaired) electrons. The van der Waals surface area contributed by atoms with Gasteiger partial charge in [-0.3, -0.25) is 9.59 Å². The number of carbonyl (C=O) groups is 2. The third-order valence-corrected chi connectivity index (χ3v) is 3.64. The zero-order chi connectivity index (χ0) is 15.8. The minimum absolute atomic E-state index is 0.0537. The quantitative estimate of drug-likeness (QED) is 0.693. The molecule has 0 aromatic heterocycles. The highest BCUT2D eigenvalue weighted by atomic mass is 16.2. The van der Waals surface area contributed by atoms with Crippen LogP contribution in [-0.4, -0.2) is 31.4 Å². The number of hydrogen-bond acceptors (Lipinski definition) is 3. The normalized spacial score (nSPS) is 15.6. The molecule has 0 saturated heterocycles. The van der Waals surface area contributed by atoms with Crippen molar-refractivity contribution in [2.45, 2.75) is 25.8 Å². The average Bonchev–Trinajstić information content (AvgIpc) is 2.54. The fraction of sp³-hybridized carbons (Fsp3) is 0.412. The van der Waals surface area contributed by atoms with Crippen LogP contribution in [-0.2, 0) is 9.59 Å². The lowest BCUT2D eigenvalue weighted by atomic mass is 10.0. The maximum Gasteiger partial charge on any atom is 0.222 e. The van der Waals surface area contributed by atoms with E-state index in [-0.39, 0.29) is 24.3 Å². The Kier molecular flexibility index (Phi) is 6.15. The number of nitrogens with one attached hydrogen (secondary N) is 3. The molecule has 0 aliphatic carbocycles. The van der Waals surface area contributed by atoms with Crippen LogP contribution in [0.5, 0.6) is 0 Å². The summed E-state index contributed by atoms with van der Waals surface area (Å²) >= 11 is 0. The molecule has 1 aromatic carbocycles. The Bertz CT molecular complexity index is 540. The zero-order valence-corrected chi connectivity index (χ0v) is 12.9. The smallest absolute Gasteiger partial charge is 0.222 e. The molecular formula is C17H23N3O2. The molecule has 1 atom stereocenters. The van der Waals surface area contributed by atoms with E-state index in [9.17, 15) is 9.59 Å². The maximum absolute atomic E-state index is 12.1. The van der Waals surface area contributed by atoms with E-state index in [2.05, 4.69) is 22.0 Å². The van der Waals surface area contributed by atoms with Gasteiger partial charge in [-0.05, 0) is 18.5 Å². The van der Waals surface area contributed by atoms with Gasteiger partial charge in [-0.2, -0.15) is 0 Å². The minimum Gasteiger partial charge on any atom is -0.352 e. The van der Waals surface area contributed by atoms with Crippen molar-refractivity contribution >= 4 is 11.8 Å². The van der Waals surface area contributed by atoms with Gasteiger partial charge in [-0.1, -0.05) is 42.0 Å². The van der Waals surface area contributed by atoms with E-state index in [0.717, 1.165) is 25.1 Å². The summed E-state index contributed by atoms with van der Waals surface area (Å²) in [7, 11) is 0. The second-order valence-electron chi connectivity index (χ2n) is 5.46. The van der Waals surface area contributed by atoms with Crippen molar-refractivity contribution in [3.63, 3.8) is 0 Å². The Balaban J connectivity index is 1.90. The Hall–Kier alpha value is -2.14. The van der Waals surface area contributed by atoms with Gasteiger partial charge in [0.05, 0.1) is 12.5 Å². The van der Waals surface area contributed by atoms with Gasteiger partial charge in [0.25, 0.3) is 0 Å². The first-order chi connectivity index (χ1) is 10.6. The van der Waals surface area contributed by atoms with Gasteiger partial charge in [-0.15, -0.1) is 0 Å². The predicted octanol–water partition coefficient (Wildman–Crippen LogP) is 1.29. The van der Waals surface area contributed by atoms with Gasteiger partial charge in [0.1, 0.15) is 0 Å². The summed E-state index contributed by atoms with van der Waals surface area (Å²) in [6.07, 6.45) is 3.33. The van der Waals surface area contributed by atoms with E-state index in [1.807, 2.05) is 30.3 Å². The highest BCUT2D eigenvalue weighted by molar-refractivity contribution is 5.79. The lowest BCUT2D eigenvalue weighted by molar-refractivity contribution is -0.122. The van der Waals surface area contributed by atoms with Crippen LogP contribution in [0.2, 0.25) is 0 Å². The monoisotopic (exact) mass is 301 g/mol. The Morgan fingerprint density at radius 1 is 1.27 bits per heavy atom. The number of amides is 2. The van der Waals surface area contributed by atoms with Crippen molar-refractivity contribution in [2.75, 3.05) is 19.6 Å². The molecule has 0 bridgehead atoms. The third kappa shape index (κ3) is 5.33. The molecule has 5 nitrogen and oxygen atoms in total. The predicted molar refractivity (Wildman–Crippen MR) is 86.2 cm³/mol. The maximum atomic E-state index is 12.1. The van der Waals surface area contributed by atoms with E-state index in [0.29, 0.717) is 6.54 Å². The standard InChI is InChI=1S/C17H23N3O2/c1-13(21)20-16(15-5-3-2-4-6-15)11-17(22)19-12-14-7-9-18-10-8-14/h2-7,16,18H,8-12H2,1H3,(H,19,22)(H,20,21). The molecule has 118 valence electrons. The lowest BCUT2D eigenvalue weighted by Crippen LogP contribution is -2.34. The largest absolute Gasteiger partial charge is 0.352 e. The fourth-order valence-corrected chi connectivity index (χ4v) is 2.48. The van der Waals surface area contributed by atoms with E-state index < -0.39 is 0 Å². The second-order valence-corrected chi connectivity index (χ2v) is 5.46. The van der Waals surface area contributed by atoms with Crippen LogP contribution in [0.25, 0.3) is 0 Å². The lowest BCUT2D eigenvalue weighted by Gasteiger charge is -2.19. The summed E-state index contributed by atoms with van der Waals surface area (Å²) in [6, 6.07) is 9.27. The molecule has 0 spiro atoms. The molecule has 1 aromatic rings. The molecule has 1 unspecified atom stereocenters. The van der Waals surface area contributed by atoms with Crippen LogP contribution in [0.1, 0.15) is 31.4 Å². The molecule has 1 aliphatic heterocycles. The van der Waals surface area contributed by atoms with Gasteiger partial charge in [0, 0.05) is 20.0 Å². The van der Waals surface area contributed by atoms with E-state index >= 15 is 0 Å². The van der Waals surface area contributed by atoms with Crippen LogP contribution < -0.4 is 16.0 Å². The molecule has 0 fully saturated rings. The van der Waals surface area contributed by atoms with Crippen LogP contribution in [0, 0.1) is 0 Å². The fourth-order valence-electron chi connectivity index (χ4n) is 2.48. The highest BCUT2D eigenvalue weighted by Gasteiger charge is 2.17. The minimum atomic E-state index is -0.291. The third-order valence-electron chi connectivity index (χ3n) is 3.64. The summed E-state index contributed by atoms with van der Waals surface area (Å²) in [4.78, 5) is 23.5. The molecular weight excluding hydrogens is 278 g/mol. The van der Waals surface area contributed by atoms with E-state index in [4.69, 9.17) is 0 Å². The average molecular weight is 301 g/mol. The number of hydrogen-bond donors (Lipinski definition) is 3. The molecule has 2 rings (SSSR count). The highest BCUT2D eigenvalue weighted by Crippen LogP contribution is 2.16. The molecule has 1 aliphatic rings. The van der Waals surface area contributed by atoms with Crippen molar-refractivity contribution in [2.24, 2.45) is 0 Å². The van der Waals surface area contributed by atoms with Crippen molar-refractivity contribution in [1.29, 1.82) is 0 Å². The summed E-state index contributed by atoms with van der Waals surface area (Å²) in [5.74, 6) is -0.190. The summed E-state index contributed by atoms with van der Waals surface area (Å²) in [5.41, 5.74) is 2.19. The Morgan fingerprint density at radius 3 is 2.68 bits per heavy atom. The first-order valence-corrected chi connectivity index (χ1v) is 7.62. The van der Waals surface area contributed by atoms with Gasteiger partial charge >= 0.3 is 0 Å². The van der Waals surface area contributed by atoms with Crippen LogP contribution in [0.4, 0.5) is 0 Å². The van der Waals surface area contributed by atoms with E-state index in [1.54, 1.807) is 0 Å². The summed E-state index contributed by atoms with van der Waals surface area (Å²) in [5, 5.41) is 9.02. The summed E-state index contributed by atoms with van der Waals surface area (Å²) in [6.45, 7) is 3.87. The first-order valence-electron chi connectivity index (χ1n) is 7.62. The van der Waals surface area contributed by atoms with Crippen molar-refractivity contribution < 1.29 is 9.59 Å². The number of carbonyl (C=O) groups excluding carboxylic acids is 2. The van der Waals surface area contributed by atoms with Crippen molar-refractivity contribution in [3.8, 4) is 0 Å². The van der Waals surface area contributed by atoms with Gasteiger partial charge < -0.3 is 16.0 Å². The van der Waals surface area contributed by atoms with Crippen LogP contribution >= 0.6 is 0 Å². The number of rotatable bonds is 6. The molecule has 5 heteroatoms. The van der Waals surface area contributed by atoms with Crippen LogP contribution in [0.3, 0.4) is 0 Å². The van der Waals surface area contributed by atoms with Gasteiger partial charge in [-0.25, -0.2) is 0 Å². The van der Waals surface area contributed by atoms with Crippen molar-refractivity contribution in [3.05, 3.63) is 47.5 Å². The Labute approximate surface area is 131 Å². The van der Waals surface area contributed by atoms with Crippen LogP contribution in [0.15, 0.2) is 42.0 Å². The Morgan fingerprint density at radius 2 is 2.05 bits per heavy atom. The van der Waals surface area contributed by atoms with Gasteiger partial charge in [0.2, 0.25) is 11.8 Å². The van der Waals surface area contributed by atoms with E-state index in [1.165, 1.54) is 12.5 Å². The first kappa shape index (κ1) is 16.2.